The van der Waals surface area contributed by atoms with Gasteiger partial charge in [-0.25, -0.2) is 13.1 Å². The molecule has 0 aliphatic carbocycles. The van der Waals surface area contributed by atoms with E-state index >= 15 is 0 Å². The number of rotatable bonds is 3. The van der Waals surface area contributed by atoms with E-state index in [9.17, 15) is 8.42 Å². The summed E-state index contributed by atoms with van der Waals surface area (Å²) >= 11 is 0. The Balaban J connectivity index is 1.97. The monoisotopic (exact) mass is 262 g/mol. The first kappa shape index (κ1) is 11.6. The van der Waals surface area contributed by atoms with E-state index in [1.165, 1.54) is 0 Å². The summed E-state index contributed by atoms with van der Waals surface area (Å²) in [5.74, 6) is 0. The van der Waals surface area contributed by atoms with Crippen molar-refractivity contribution in [1.29, 1.82) is 0 Å². The standard InChI is InChI=1S/C13H14N2O2S/c16-18(17,15-12-8-14-9-12)13-6-5-10-3-1-2-4-11(10)7-13/h1-7,12,14-15H,8-9H2. The predicted molar refractivity (Wildman–Crippen MR) is 70.9 cm³/mol. The molecule has 1 heterocycles. The Morgan fingerprint density at radius 3 is 2.44 bits per heavy atom. The van der Waals surface area contributed by atoms with Crippen LogP contribution < -0.4 is 10.0 Å². The number of benzene rings is 2. The van der Waals surface area contributed by atoms with E-state index in [-0.39, 0.29) is 6.04 Å². The van der Waals surface area contributed by atoms with Crippen LogP contribution in [0.2, 0.25) is 0 Å². The lowest BCUT2D eigenvalue weighted by Gasteiger charge is -2.27. The molecular weight excluding hydrogens is 248 g/mol. The maximum atomic E-state index is 12.1. The van der Waals surface area contributed by atoms with Gasteiger partial charge in [-0.05, 0) is 22.9 Å². The zero-order valence-corrected chi connectivity index (χ0v) is 10.6. The number of hydrogen-bond acceptors (Lipinski definition) is 3. The van der Waals surface area contributed by atoms with Gasteiger partial charge in [-0.2, -0.15) is 0 Å². The van der Waals surface area contributed by atoms with Crippen molar-refractivity contribution in [3.8, 4) is 0 Å². The number of nitrogens with one attached hydrogen (secondary N) is 2. The Morgan fingerprint density at radius 1 is 1.06 bits per heavy atom. The molecule has 1 saturated heterocycles. The maximum Gasteiger partial charge on any atom is 0.240 e. The van der Waals surface area contributed by atoms with E-state index in [0.717, 1.165) is 10.8 Å². The van der Waals surface area contributed by atoms with Crippen LogP contribution in [-0.4, -0.2) is 27.5 Å². The highest BCUT2D eigenvalue weighted by atomic mass is 32.2. The highest BCUT2D eigenvalue weighted by Gasteiger charge is 2.24. The van der Waals surface area contributed by atoms with Crippen molar-refractivity contribution in [1.82, 2.24) is 10.0 Å². The first-order chi connectivity index (χ1) is 8.65. The average molecular weight is 262 g/mol. The Kier molecular flexibility index (Phi) is 2.81. The van der Waals surface area contributed by atoms with Crippen LogP contribution >= 0.6 is 0 Å². The van der Waals surface area contributed by atoms with Crippen LogP contribution in [0.4, 0.5) is 0 Å². The van der Waals surface area contributed by atoms with E-state index < -0.39 is 10.0 Å². The lowest BCUT2D eigenvalue weighted by molar-refractivity contribution is 0.410. The second kappa shape index (κ2) is 4.35. The van der Waals surface area contributed by atoms with Gasteiger partial charge in [0.1, 0.15) is 0 Å². The Bertz CT molecular complexity index is 678. The first-order valence-electron chi connectivity index (χ1n) is 5.87. The fourth-order valence-corrected chi connectivity index (χ4v) is 3.26. The normalized spacial score (nSPS) is 16.7. The summed E-state index contributed by atoms with van der Waals surface area (Å²) in [4.78, 5) is 0.327. The number of sulfonamides is 1. The minimum absolute atomic E-state index is 0.0153. The third-order valence-electron chi connectivity index (χ3n) is 3.13. The molecule has 0 aromatic heterocycles. The van der Waals surface area contributed by atoms with Crippen LogP contribution in [0, 0.1) is 0 Å². The molecule has 94 valence electrons. The van der Waals surface area contributed by atoms with Crippen molar-refractivity contribution < 1.29 is 8.42 Å². The summed E-state index contributed by atoms with van der Waals surface area (Å²) in [7, 11) is -3.40. The van der Waals surface area contributed by atoms with Crippen LogP contribution in [-0.2, 0) is 10.0 Å². The second-order valence-electron chi connectivity index (χ2n) is 4.49. The zero-order chi connectivity index (χ0) is 12.6. The molecule has 0 spiro atoms. The summed E-state index contributed by atoms with van der Waals surface area (Å²) in [6.45, 7) is 1.40. The van der Waals surface area contributed by atoms with Crippen LogP contribution in [0.5, 0.6) is 0 Å². The van der Waals surface area contributed by atoms with E-state index in [4.69, 9.17) is 0 Å². The zero-order valence-electron chi connectivity index (χ0n) is 9.76. The largest absolute Gasteiger partial charge is 0.313 e. The fraction of sp³-hybridized carbons (Fsp3) is 0.231. The molecule has 0 saturated carbocycles. The predicted octanol–water partition coefficient (Wildman–Crippen LogP) is 1.09. The molecule has 5 heteroatoms. The molecule has 0 radical (unpaired) electrons. The van der Waals surface area contributed by atoms with E-state index in [1.807, 2.05) is 30.3 Å². The molecule has 2 N–H and O–H groups in total. The Labute approximate surface area is 106 Å². The molecule has 0 unspecified atom stereocenters. The van der Waals surface area contributed by atoms with E-state index in [1.54, 1.807) is 12.1 Å². The third-order valence-corrected chi connectivity index (χ3v) is 4.65. The molecule has 0 atom stereocenters. The smallest absolute Gasteiger partial charge is 0.240 e. The van der Waals surface area contributed by atoms with Gasteiger partial charge in [0.15, 0.2) is 0 Å². The maximum absolute atomic E-state index is 12.1. The first-order valence-corrected chi connectivity index (χ1v) is 7.35. The molecular formula is C13H14N2O2S. The van der Waals surface area contributed by atoms with Crippen LogP contribution in [0.25, 0.3) is 10.8 Å². The summed E-state index contributed by atoms with van der Waals surface area (Å²) < 4.78 is 27.0. The number of hydrogen-bond donors (Lipinski definition) is 2. The average Bonchev–Trinajstić information content (AvgIpc) is 2.33. The Hall–Kier alpha value is -1.43. The van der Waals surface area contributed by atoms with Gasteiger partial charge in [-0.15, -0.1) is 0 Å². The lowest BCUT2D eigenvalue weighted by atomic mass is 10.1. The van der Waals surface area contributed by atoms with Gasteiger partial charge >= 0.3 is 0 Å². The van der Waals surface area contributed by atoms with E-state index in [2.05, 4.69) is 10.0 Å². The second-order valence-corrected chi connectivity index (χ2v) is 6.20. The summed E-state index contributed by atoms with van der Waals surface area (Å²) in [6, 6.07) is 12.9. The van der Waals surface area contributed by atoms with Gasteiger partial charge in [0.05, 0.1) is 4.90 Å². The summed E-state index contributed by atoms with van der Waals surface area (Å²) in [5.41, 5.74) is 0. The van der Waals surface area contributed by atoms with Crippen LogP contribution in [0.1, 0.15) is 0 Å². The van der Waals surface area contributed by atoms with Gasteiger partial charge < -0.3 is 5.32 Å². The summed E-state index contributed by atoms with van der Waals surface area (Å²) in [6.07, 6.45) is 0. The molecule has 2 aromatic rings. The van der Waals surface area contributed by atoms with Crippen molar-refractivity contribution >= 4 is 20.8 Å². The van der Waals surface area contributed by atoms with Gasteiger partial charge in [0, 0.05) is 19.1 Å². The molecule has 3 rings (SSSR count). The molecule has 2 aromatic carbocycles. The van der Waals surface area contributed by atoms with Crippen molar-refractivity contribution in [2.75, 3.05) is 13.1 Å². The quantitative estimate of drug-likeness (QED) is 0.870. The summed E-state index contributed by atoms with van der Waals surface area (Å²) in [5, 5.41) is 5.02. The molecule has 0 bridgehead atoms. The van der Waals surface area contributed by atoms with Gasteiger partial charge in [-0.3, -0.25) is 0 Å². The van der Waals surface area contributed by atoms with E-state index in [0.29, 0.717) is 18.0 Å². The molecule has 1 fully saturated rings. The third kappa shape index (κ3) is 2.12. The molecule has 18 heavy (non-hydrogen) atoms. The van der Waals surface area contributed by atoms with Crippen molar-refractivity contribution in [3.63, 3.8) is 0 Å². The highest BCUT2D eigenvalue weighted by molar-refractivity contribution is 7.89. The Morgan fingerprint density at radius 2 is 1.78 bits per heavy atom. The van der Waals surface area contributed by atoms with Gasteiger partial charge in [-0.1, -0.05) is 30.3 Å². The van der Waals surface area contributed by atoms with Crippen molar-refractivity contribution in [2.45, 2.75) is 10.9 Å². The lowest BCUT2D eigenvalue weighted by Crippen LogP contribution is -2.56. The van der Waals surface area contributed by atoms with Crippen LogP contribution in [0.15, 0.2) is 47.4 Å². The van der Waals surface area contributed by atoms with Gasteiger partial charge in [0.25, 0.3) is 0 Å². The fourth-order valence-electron chi connectivity index (χ4n) is 1.99. The van der Waals surface area contributed by atoms with Crippen LogP contribution in [0.3, 0.4) is 0 Å². The van der Waals surface area contributed by atoms with Crippen molar-refractivity contribution in [2.24, 2.45) is 0 Å². The van der Waals surface area contributed by atoms with Gasteiger partial charge in [0.2, 0.25) is 10.0 Å². The molecule has 1 aliphatic rings. The molecule has 4 nitrogen and oxygen atoms in total. The minimum Gasteiger partial charge on any atom is -0.313 e. The van der Waals surface area contributed by atoms with Crippen molar-refractivity contribution in [3.05, 3.63) is 42.5 Å². The highest BCUT2D eigenvalue weighted by Crippen LogP contribution is 2.19. The topological polar surface area (TPSA) is 58.2 Å². The SMILES string of the molecule is O=S(=O)(NC1CNC1)c1ccc2ccccc2c1. The molecule has 1 aliphatic heterocycles. The molecule has 0 amide bonds. The minimum atomic E-state index is -3.40. The number of fused-ring (bicyclic) bond motifs is 1.